The monoisotopic (exact) mass is 492 g/mol. The molecule has 1 aliphatic carbocycles. The van der Waals surface area contributed by atoms with Gasteiger partial charge in [-0.15, -0.1) is 0 Å². The van der Waals surface area contributed by atoms with E-state index < -0.39 is 0 Å². The Morgan fingerprint density at radius 1 is 1.06 bits per heavy atom. The third-order valence-corrected chi connectivity index (χ3v) is 8.12. The van der Waals surface area contributed by atoms with Gasteiger partial charge in [-0.05, 0) is 67.8 Å². The summed E-state index contributed by atoms with van der Waals surface area (Å²) >= 11 is 6.19. The highest BCUT2D eigenvalue weighted by atomic mass is 35.5. The van der Waals surface area contributed by atoms with Crippen LogP contribution in [0.3, 0.4) is 0 Å². The molecule has 3 aromatic rings. The number of oxazole rings is 1. The number of rotatable bonds is 8. The van der Waals surface area contributed by atoms with Gasteiger partial charge in [-0.2, -0.15) is 0 Å². The Bertz CT molecular complexity index is 1060. The number of halogens is 1. The van der Waals surface area contributed by atoms with Crippen molar-refractivity contribution in [3.63, 3.8) is 0 Å². The lowest BCUT2D eigenvalue weighted by molar-refractivity contribution is 0.0313. The number of piperidine rings is 1. The number of hydrogen-bond donors (Lipinski definition) is 0. The minimum absolute atomic E-state index is 0.147. The number of aromatic nitrogens is 1. The van der Waals surface area contributed by atoms with Crippen molar-refractivity contribution in [1.82, 2.24) is 9.88 Å². The van der Waals surface area contributed by atoms with Gasteiger partial charge in [0, 0.05) is 11.6 Å². The molecule has 2 aromatic carbocycles. The van der Waals surface area contributed by atoms with Crippen LogP contribution in [0.2, 0.25) is 5.02 Å². The molecule has 4 nitrogen and oxygen atoms in total. The fraction of sp³-hybridized carbons (Fsp3) is 0.500. The van der Waals surface area contributed by atoms with E-state index in [9.17, 15) is 0 Å². The summed E-state index contributed by atoms with van der Waals surface area (Å²) in [7, 11) is 0. The molecule has 35 heavy (non-hydrogen) atoms. The van der Waals surface area contributed by atoms with Crippen molar-refractivity contribution < 1.29 is 9.15 Å². The zero-order chi connectivity index (χ0) is 24.0. The summed E-state index contributed by atoms with van der Waals surface area (Å²) in [6.45, 7) is 4.96. The van der Waals surface area contributed by atoms with Crippen LogP contribution in [0.4, 0.5) is 0 Å². The standard InChI is InChI=1S/C30H37ClN2O2/c1-2-22-16-17-33(21-28(22)34-26-15-9-14-25(31)18-26)20-27-19-32-30(35-27)29(23-10-5-3-6-11-23)24-12-7-4-8-13-24/h3,5-6,9-11,14-15,18-19,22,24,28-29H,2,4,7-8,12-13,16-17,20-21H2,1H3. The van der Waals surface area contributed by atoms with Gasteiger partial charge >= 0.3 is 0 Å². The van der Waals surface area contributed by atoms with E-state index in [0.717, 1.165) is 49.9 Å². The van der Waals surface area contributed by atoms with E-state index in [1.807, 2.05) is 30.5 Å². The van der Waals surface area contributed by atoms with Crippen LogP contribution in [0.5, 0.6) is 5.75 Å². The van der Waals surface area contributed by atoms with Crippen LogP contribution in [0, 0.1) is 11.8 Å². The first-order chi connectivity index (χ1) is 17.2. The summed E-state index contributed by atoms with van der Waals surface area (Å²) in [5, 5.41) is 0.711. The molecule has 5 heteroatoms. The molecular weight excluding hydrogens is 456 g/mol. The number of likely N-dealkylation sites (tertiary alicyclic amines) is 1. The predicted octanol–water partition coefficient (Wildman–Crippen LogP) is 7.72. The van der Waals surface area contributed by atoms with Crippen molar-refractivity contribution >= 4 is 11.6 Å². The maximum Gasteiger partial charge on any atom is 0.202 e. The average molecular weight is 493 g/mol. The van der Waals surface area contributed by atoms with Crippen LogP contribution in [0.15, 0.2) is 65.2 Å². The average Bonchev–Trinajstić information content (AvgIpc) is 3.33. The molecule has 2 aliphatic rings. The highest BCUT2D eigenvalue weighted by Gasteiger charge is 2.32. The van der Waals surface area contributed by atoms with E-state index in [1.54, 1.807) is 0 Å². The van der Waals surface area contributed by atoms with Gasteiger partial charge in [0.15, 0.2) is 0 Å². The van der Waals surface area contributed by atoms with Crippen LogP contribution in [-0.2, 0) is 6.54 Å². The molecule has 3 atom stereocenters. The van der Waals surface area contributed by atoms with E-state index in [2.05, 4.69) is 42.2 Å². The second-order valence-electron chi connectivity index (χ2n) is 10.3. The van der Waals surface area contributed by atoms with Gasteiger partial charge in [-0.3, -0.25) is 4.90 Å². The fourth-order valence-electron chi connectivity index (χ4n) is 5.99. The number of benzene rings is 2. The number of nitrogens with zero attached hydrogens (tertiary/aromatic N) is 2. The molecule has 1 aromatic heterocycles. The summed E-state index contributed by atoms with van der Waals surface area (Å²) in [6, 6.07) is 18.6. The highest BCUT2D eigenvalue weighted by Crippen LogP contribution is 2.40. The third kappa shape index (κ3) is 6.10. The first-order valence-corrected chi connectivity index (χ1v) is 13.7. The summed E-state index contributed by atoms with van der Waals surface area (Å²) in [6.07, 6.45) is 10.8. The molecule has 5 rings (SSSR count). The molecule has 1 aliphatic heterocycles. The zero-order valence-electron chi connectivity index (χ0n) is 20.7. The predicted molar refractivity (Wildman–Crippen MR) is 141 cm³/mol. The molecule has 0 radical (unpaired) electrons. The van der Waals surface area contributed by atoms with E-state index in [4.69, 9.17) is 25.7 Å². The highest BCUT2D eigenvalue weighted by molar-refractivity contribution is 6.30. The van der Waals surface area contributed by atoms with Crippen molar-refractivity contribution in [2.75, 3.05) is 13.1 Å². The van der Waals surface area contributed by atoms with Crippen LogP contribution in [0.25, 0.3) is 0 Å². The smallest absolute Gasteiger partial charge is 0.202 e. The maximum absolute atomic E-state index is 6.47. The third-order valence-electron chi connectivity index (χ3n) is 7.88. The van der Waals surface area contributed by atoms with Gasteiger partial charge in [-0.25, -0.2) is 4.98 Å². The molecule has 2 heterocycles. The van der Waals surface area contributed by atoms with Crippen LogP contribution < -0.4 is 4.74 Å². The zero-order valence-corrected chi connectivity index (χ0v) is 21.5. The van der Waals surface area contributed by atoms with Crippen LogP contribution in [0.1, 0.15) is 75.0 Å². The first kappa shape index (κ1) is 24.4. The molecule has 2 fully saturated rings. The quantitative estimate of drug-likeness (QED) is 0.322. The maximum atomic E-state index is 6.47. The Hall–Kier alpha value is -2.30. The van der Waals surface area contributed by atoms with Gasteiger partial charge in [0.2, 0.25) is 5.89 Å². The summed E-state index contributed by atoms with van der Waals surface area (Å²) in [5.41, 5.74) is 1.33. The Balaban J connectivity index is 1.29. The second-order valence-corrected chi connectivity index (χ2v) is 10.7. The van der Waals surface area contributed by atoms with Gasteiger partial charge in [0.25, 0.3) is 0 Å². The Kier molecular flexibility index (Phi) is 8.10. The molecular formula is C30H37ClN2O2. The lowest BCUT2D eigenvalue weighted by Crippen LogP contribution is -2.46. The molecule has 0 spiro atoms. The molecule has 1 saturated heterocycles. The van der Waals surface area contributed by atoms with Gasteiger partial charge in [0.1, 0.15) is 17.6 Å². The normalized spacial score (nSPS) is 22.7. The topological polar surface area (TPSA) is 38.5 Å². The summed E-state index contributed by atoms with van der Waals surface area (Å²) < 4.78 is 12.9. The van der Waals surface area contributed by atoms with Crippen molar-refractivity contribution in [2.24, 2.45) is 11.8 Å². The molecule has 0 N–H and O–H groups in total. The van der Waals surface area contributed by atoms with Gasteiger partial charge in [0.05, 0.1) is 18.7 Å². The van der Waals surface area contributed by atoms with Crippen LogP contribution in [-0.4, -0.2) is 29.1 Å². The second kappa shape index (κ2) is 11.6. The fourth-order valence-corrected chi connectivity index (χ4v) is 6.17. The Morgan fingerprint density at radius 2 is 1.89 bits per heavy atom. The number of hydrogen-bond acceptors (Lipinski definition) is 4. The Labute approximate surface area is 214 Å². The molecule has 1 saturated carbocycles. The van der Waals surface area contributed by atoms with E-state index in [1.165, 1.54) is 37.7 Å². The SMILES string of the molecule is CCC1CCN(Cc2cnc(C(c3ccccc3)C3CCCCC3)o2)CC1Oc1cccc(Cl)c1. The van der Waals surface area contributed by atoms with Crippen molar-refractivity contribution in [1.29, 1.82) is 0 Å². The molecule has 0 amide bonds. The Morgan fingerprint density at radius 3 is 2.66 bits per heavy atom. The minimum atomic E-state index is 0.147. The van der Waals surface area contributed by atoms with Crippen molar-refractivity contribution in [2.45, 2.75) is 70.4 Å². The van der Waals surface area contributed by atoms with E-state index in [0.29, 0.717) is 16.9 Å². The summed E-state index contributed by atoms with van der Waals surface area (Å²) in [5.74, 6) is 4.08. The van der Waals surface area contributed by atoms with Crippen LogP contribution >= 0.6 is 11.6 Å². The van der Waals surface area contributed by atoms with E-state index >= 15 is 0 Å². The van der Waals surface area contributed by atoms with Crippen molar-refractivity contribution in [3.8, 4) is 5.75 Å². The molecule has 3 unspecified atom stereocenters. The lowest BCUT2D eigenvalue weighted by atomic mass is 9.77. The van der Waals surface area contributed by atoms with Gasteiger partial charge < -0.3 is 9.15 Å². The van der Waals surface area contributed by atoms with Crippen molar-refractivity contribution in [3.05, 3.63) is 83.0 Å². The molecule has 186 valence electrons. The number of ether oxygens (including phenoxy) is 1. The lowest BCUT2D eigenvalue weighted by Gasteiger charge is -2.37. The molecule has 0 bridgehead atoms. The van der Waals surface area contributed by atoms with Gasteiger partial charge in [-0.1, -0.05) is 74.2 Å². The minimum Gasteiger partial charge on any atom is -0.489 e. The largest absolute Gasteiger partial charge is 0.489 e. The van der Waals surface area contributed by atoms with E-state index in [-0.39, 0.29) is 12.0 Å². The summed E-state index contributed by atoms with van der Waals surface area (Å²) in [4.78, 5) is 7.27. The first-order valence-electron chi connectivity index (χ1n) is 13.3.